The molecule has 0 aromatic carbocycles. The zero-order valence-corrected chi connectivity index (χ0v) is 9.15. The highest BCUT2D eigenvalue weighted by atomic mass is 16.3. The minimum absolute atomic E-state index is 0.137. The fourth-order valence-electron chi connectivity index (χ4n) is 2.06. The van der Waals surface area contributed by atoms with E-state index in [9.17, 15) is 0 Å². The summed E-state index contributed by atoms with van der Waals surface area (Å²) in [6.07, 6.45) is 3.39. The Bertz CT molecular complexity index is 311. The molecule has 1 unspecified atom stereocenters. The van der Waals surface area contributed by atoms with Crippen molar-refractivity contribution in [3.05, 3.63) is 17.8 Å². The number of likely N-dealkylation sites (N-methyl/N-ethyl adjacent to an activating group) is 1. The molecule has 15 heavy (non-hydrogen) atoms. The van der Waals surface area contributed by atoms with E-state index >= 15 is 0 Å². The summed E-state index contributed by atoms with van der Waals surface area (Å²) in [5.74, 6) is 1.28. The number of aliphatic hydroxyl groups excluding tert-OH is 1. The van der Waals surface area contributed by atoms with Crippen molar-refractivity contribution >= 4 is 0 Å². The zero-order valence-electron chi connectivity index (χ0n) is 9.15. The lowest BCUT2D eigenvalue weighted by molar-refractivity contribution is 0.298. The van der Waals surface area contributed by atoms with Gasteiger partial charge in [-0.1, -0.05) is 6.92 Å². The molecule has 4 heteroatoms. The molecular formula is C11H18N2O2. The molecule has 0 spiro atoms. The van der Waals surface area contributed by atoms with Gasteiger partial charge in [-0.3, -0.25) is 0 Å². The smallest absolute Gasteiger partial charge is 0.198 e. The third-order valence-electron chi connectivity index (χ3n) is 3.01. The second-order valence-electron chi connectivity index (χ2n) is 4.03. The summed E-state index contributed by atoms with van der Waals surface area (Å²) in [4.78, 5) is 6.80. The van der Waals surface area contributed by atoms with Gasteiger partial charge in [-0.25, -0.2) is 4.98 Å². The van der Waals surface area contributed by atoms with Crippen LogP contribution in [0.5, 0.6) is 0 Å². The van der Waals surface area contributed by atoms with E-state index in [0.29, 0.717) is 12.3 Å². The summed E-state index contributed by atoms with van der Waals surface area (Å²) < 4.78 is 5.45. The molecule has 84 valence electrons. The van der Waals surface area contributed by atoms with Crippen LogP contribution in [0.1, 0.15) is 30.8 Å². The summed E-state index contributed by atoms with van der Waals surface area (Å²) >= 11 is 0. The molecule has 0 saturated carbocycles. The van der Waals surface area contributed by atoms with Gasteiger partial charge in [-0.2, -0.15) is 0 Å². The Morgan fingerprint density at radius 1 is 1.67 bits per heavy atom. The Labute approximate surface area is 89.9 Å². The Morgan fingerprint density at radius 2 is 2.53 bits per heavy atom. The van der Waals surface area contributed by atoms with Crippen LogP contribution in [0.4, 0.5) is 0 Å². The number of oxazole rings is 1. The van der Waals surface area contributed by atoms with Gasteiger partial charge in [0.1, 0.15) is 6.26 Å². The van der Waals surface area contributed by atoms with E-state index in [2.05, 4.69) is 16.8 Å². The van der Waals surface area contributed by atoms with Crippen molar-refractivity contribution < 1.29 is 9.52 Å². The third kappa shape index (κ3) is 2.38. The molecule has 4 nitrogen and oxygen atoms in total. The summed E-state index contributed by atoms with van der Waals surface area (Å²) in [5.41, 5.74) is 0.863. The quantitative estimate of drug-likeness (QED) is 0.806. The van der Waals surface area contributed by atoms with Crippen molar-refractivity contribution in [3.8, 4) is 0 Å². The zero-order chi connectivity index (χ0) is 10.7. The first-order valence-electron chi connectivity index (χ1n) is 5.61. The van der Waals surface area contributed by atoms with Crippen LogP contribution < -0.4 is 0 Å². The predicted octanol–water partition coefficient (Wildman–Crippen LogP) is 1.02. The minimum atomic E-state index is 0.137. The molecule has 0 aliphatic carbocycles. The number of hydrogen-bond donors (Lipinski definition) is 1. The first-order valence-corrected chi connectivity index (χ1v) is 5.61. The molecule has 0 amide bonds. The topological polar surface area (TPSA) is 49.5 Å². The highest BCUT2D eigenvalue weighted by Crippen LogP contribution is 2.26. The Balaban J connectivity index is 1.97. The van der Waals surface area contributed by atoms with Crippen molar-refractivity contribution in [3.63, 3.8) is 0 Å². The maximum atomic E-state index is 8.78. The lowest BCUT2D eigenvalue weighted by atomic mass is 10.1. The lowest BCUT2D eigenvalue weighted by Gasteiger charge is -2.10. The number of likely N-dealkylation sites (tertiary alicyclic amines) is 1. The van der Waals surface area contributed by atoms with Crippen LogP contribution in [-0.4, -0.2) is 41.2 Å². The van der Waals surface area contributed by atoms with E-state index in [1.807, 2.05) is 0 Å². The van der Waals surface area contributed by atoms with Gasteiger partial charge < -0.3 is 14.4 Å². The molecule has 0 radical (unpaired) electrons. The predicted molar refractivity (Wildman–Crippen MR) is 56.8 cm³/mol. The van der Waals surface area contributed by atoms with Crippen LogP contribution in [-0.2, 0) is 6.42 Å². The molecule has 1 saturated heterocycles. The van der Waals surface area contributed by atoms with Gasteiger partial charge in [0.25, 0.3) is 0 Å². The van der Waals surface area contributed by atoms with E-state index in [4.69, 9.17) is 9.52 Å². The van der Waals surface area contributed by atoms with Crippen LogP contribution in [0.25, 0.3) is 0 Å². The van der Waals surface area contributed by atoms with Gasteiger partial charge in [0.05, 0.1) is 5.69 Å². The normalized spacial score (nSPS) is 22.4. The van der Waals surface area contributed by atoms with Gasteiger partial charge >= 0.3 is 0 Å². The van der Waals surface area contributed by atoms with E-state index < -0.39 is 0 Å². The number of aliphatic hydroxyl groups is 1. The second-order valence-corrected chi connectivity index (χ2v) is 4.03. The molecule has 1 aliphatic rings. The monoisotopic (exact) mass is 210 g/mol. The molecule has 2 rings (SSSR count). The average Bonchev–Trinajstić information content (AvgIpc) is 2.85. The molecule has 2 heterocycles. The van der Waals surface area contributed by atoms with Crippen LogP contribution in [0.2, 0.25) is 0 Å². The molecule has 1 fully saturated rings. The summed E-state index contributed by atoms with van der Waals surface area (Å²) in [7, 11) is 0. The minimum Gasteiger partial charge on any atom is -0.448 e. The van der Waals surface area contributed by atoms with Crippen molar-refractivity contribution in [2.24, 2.45) is 0 Å². The molecule has 1 aromatic heterocycles. The van der Waals surface area contributed by atoms with Gasteiger partial charge in [-0.15, -0.1) is 0 Å². The first kappa shape index (κ1) is 10.6. The Morgan fingerprint density at radius 3 is 3.20 bits per heavy atom. The summed E-state index contributed by atoms with van der Waals surface area (Å²) in [5, 5.41) is 8.78. The molecule has 1 aromatic rings. The van der Waals surface area contributed by atoms with E-state index in [0.717, 1.165) is 37.6 Å². The summed E-state index contributed by atoms with van der Waals surface area (Å²) in [6, 6.07) is 0. The van der Waals surface area contributed by atoms with Crippen molar-refractivity contribution in [1.82, 2.24) is 9.88 Å². The maximum Gasteiger partial charge on any atom is 0.198 e. The lowest BCUT2D eigenvalue weighted by Crippen LogP contribution is -2.19. The van der Waals surface area contributed by atoms with Crippen LogP contribution >= 0.6 is 0 Å². The maximum absolute atomic E-state index is 8.78. The van der Waals surface area contributed by atoms with E-state index in [-0.39, 0.29) is 6.61 Å². The molecule has 1 atom stereocenters. The molecule has 1 N–H and O–H groups in total. The van der Waals surface area contributed by atoms with Gasteiger partial charge in [0.2, 0.25) is 0 Å². The molecule has 1 aliphatic heterocycles. The number of rotatable bonds is 4. The van der Waals surface area contributed by atoms with E-state index in [1.54, 1.807) is 6.26 Å². The highest BCUT2D eigenvalue weighted by molar-refractivity contribution is 5.03. The average molecular weight is 210 g/mol. The Kier molecular flexibility index (Phi) is 3.38. The SMILES string of the molecule is CCN1CCC(c2nc(CCO)co2)C1. The fourth-order valence-corrected chi connectivity index (χ4v) is 2.06. The second kappa shape index (κ2) is 4.77. The Hall–Kier alpha value is -0.870. The number of nitrogens with zero attached hydrogens (tertiary/aromatic N) is 2. The molecular weight excluding hydrogens is 192 g/mol. The first-order chi connectivity index (χ1) is 7.33. The van der Waals surface area contributed by atoms with E-state index in [1.165, 1.54) is 0 Å². The highest BCUT2D eigenvalue weighted by Gasteiger charge is 2.26. The number of hydrogen-bond acceptors (Lipinski definition) is 4. The third-order valence-corrected chi connectivity index (χ3v) is 3.01. The van der Waals surface area contributed by atoms with Crippen LogP contribution in [0, 0.1) is 0 Å². The molecule has 0 bridgehead atoms. The van der Waals surface area contributed by atoms with Gasteiger partial charge in [-0.05, 0) is 19.5 Å². The largest absolute Gasteiger partial charge is 0.448 e. The van der Waals surface area contributed by atoms with Crippen molar-refractivity contribution in [1.29, 1.82) is 0 Å². The van der Waals surface area contributed by atoms with Gasteiger partial charge in [0, 0.05) is 25.5 Å². The van der Waals surface area contributed by atoms with Gasteiger partial charge in [0.15, 0.2) is 5.89 Å². The van der Waals surface area contributed by atoms with Crippen LogP contribution in [0.3, 0.4) is 0 Å². The number of aromatic nitrogens is 1. The summed E-state index contributed by atoms with van der Waals surface area (Å²) in [6.45, 7) is 5.60. The van der Waals surface area contributed by atoms with Crippen LogP contribution in [0.15, 0.2) is 10.7 Å². The standard InChI is InChI=1S/C11H18N2O2/c1-2-13-5-3-9(7-13)11-12-10(4-6-14)8-15-11/h8-9,14H,2-7H2,1H3. The fraction of sp³-hybridized carbons (Fsp3) is 0.727. The van der Waals surface area contributed by atoms with Crippen molar-refractivity contribution in [2.75, 3.05) is 26.2 Å². The van der Waals surface area contributed by atoms with Crippen molar-refractivity contribution in [2.45, 2.75) is 25.7 Å².